The van der Waals surface area contributed by atoms with Gasteiger partial charge in [-0.15, -0.1) is 0 Å². The molecule has 1 aromatic carbocycles. The summed E-state index contributed by atoms with van der Waals surface area (Å²) in [5, 5.41) is 0.608. The Labute approximate surface area is 97.5 Å². The first kappa shape index (κ1) is 12.2. The molecule has 0 aliphatic carbocycles. The van der Waals surface area contributed by atoms with Crippen LogP contribution in [0.4, 0.5) is 0 Å². The number of carbonyl (C=O) groups is 1. The second-order valence-electron chi connectivity index (χ2n) is 3.00. The van der Waals surface area contributed by atoms with Crippen molar-refractivity contribution in [2.75, 3.05) is 14.2 Å². The van der Waals surface area contributed by atoms with Crippen LogP contribution < -0.4 is 0 Å². The van der Waals surface area contributed by atoms with Crippen molar-refractivity contribution in [1.29, 1.82) is 0 Å². The lowest BCUT2D eigenvalue weighted by atomic mass is 10.0. The third-order valence-corrected chi connectivity index (χ3v) is 2.67. The molecular weight excluding hydrogens is 260 g/mol. The van der Waals surface area contributed by atoms with Gasteiger partial charge < -0.3 is 9.47 Å². The molecule has 0 bridgehead atoms. The molecule has 0 saturated heterocycles. The molecule has 0 aliphatic rings. The van der Waals surface area contributed by atoms with Crippen molar-refractivity contribution in [2.45, 2.75) is 11.9 Å². The van der Waals surface area contributed by atoms with Gasteiger partial charge in [0.05, 0.1) is 19.3 Å². The number of carbonyl (C=O) groups excluding carboxylic acids is 1. The smallest absolute Gasteiger partial charge is 0.338 e. The Bertz CT molecular complexity index is 350. The maximum atomic E-state index is 11.5. The number of benzene rings is 1. The third-order valence-electron chi connectivity index (χ3n) is 2.11. The summed E-state index contributed by atoms with van der Waals surface area (Å²) in [4.78, 5) is 11.5. The fraction of sp³-hybridized carbons (Fsp3) is 0.364. The lowest BCUT2D eigenvalue weighted by molar-refractivity contribution is 0.0599. The van der Waals surface area contributed by atoms with E-state index in [1.165, 1.54) is 7.11 Å². The maximum Gasteiger partial charge on any atom is 0.338 e. The van der Waals surface area contributed by atoms with Crippen molar-refractivity contribution in [3.05, 3.63) is 34.9 Å². The highest BCUT2D eigenvalue weighted by molar-refractivity contribution is 9.08. The van der Waals surface area contributed by atoms with Gasteiger partial charge in [-0.25, -0.2) is 4.79 Å². The molecule has 0 N–H and O–H groups in total. The fourth-order valence-electron chi connectivity index (χ4n) is 1.38. The first-order valence-electron chi connectivity index (χ1n) is 4.48. The molecule has 1 aromatic rings. The minimum Gasteiger partial charge on any atom is -0.465 e. The average Bonchev–Trinajstić information content (AvgIpc) is 2.28. The van der Waals surface area contributed by atoms with E-state index in [2.05, 4.69) is 15.9 Å². The van der Waals surface area contributed by atoms with Gasteiger partial charge in [0.1, 0.15) is 0 Å². The van der Waals surface area contributed by atoms with Gasteiger partial charge >= 0.3 is 5.97 Å². The Hall–Kier alpha value is -0.870. The predicted octanol–water partition coefficient (Wildman–Crippen LogP) is 2.51. The van der Waals surface area contributed by atoms with E-state index in [4.69, 9.17) is 9.47 Å². The van der Waals surface area contributed by atoms with E-state index in [0.717, 1.165) is 11.1 Å². The Morgan fingerprint density at radius 1 is 1.40 bits per heavy atom. The van der Waals surface area contributed by atoms with E-state index in [-0.39, 0.29) is 5.97 Å². The van der Waals surface area contributed by atoms with Crippen LogP contribution in [0.2, 0.25) is 0 Å². The van der Waals surface area contributed by atoms with Crippen LogP contribution >= 0.6 is 15.9 Å². The van der Waals surface area contributed by atoms with Crippen LogP contribution in [0.5, 0.6) is 0 Å². The zero-order valence-corrected chi connectivity index (χ0v) is 10.3. The summed E-state index contributed by atoms with van der Waals surface area (Å²) >= 11 is 3.36. The van der Waals surface area contributed by atoms with E-state index >= 15 is 0 Å². The molecule has 0 spiro atoms. The molecule has 82 valence electrons. The van der Waals surface area contributed by atoms with Gasteiger partial charge in [0, 0.05) is 12.4 Å². The summed E-state index contributed by atoms with van der Waals surface area (Å²) in [6.07, 6.45) is 0. The molecule has 4 heteroatoms. The summed E-state index contributed by atoms with van der Waals surface area (Å²) < 4.78 is 9.78. The van der Waals surface area contributed by atoms with Gasteiger partial charge in [0.2, 0.25) is 0 Å². The molecule has 1 rings (SSSR count). The van der Waals surface area contributed by atoms with Crippen molar-refractivity contribution in [1.82, 2.24) is 0 Å². The van der Waals surface area contributed by atoms with Gasteiger partial charge in [-0.05, 0) is 17.2 Å². The molecule has 0 unspecified atom stereocenters. The van der Waals surface area contributed by atoms with Crippen LogP contribution in [0, 0.1) is 0 Å². The quantitative estimate of drug-likeness (QED) is 0.624. The number of ether oxygens (including phenoxy) is 2. The molecule has 0 heterocycles. The van der Waals surface area contributed by atoms with Crippen molar-refractivity contribution < 1.29 is 14.3 Å². The van der Waals surface area contributed by atoms with Crippen LogP contribution in [-0.2, 0) is 21.4 Å². The second-order valence-corrected chi connectivity index (χ2v) is 3.56. The zero-order valence-electron chi connectivity index (χ0n) is 8.75. The molecule has 0 aliphatic heterocycles. The molecular formula is C11H13BrO3. The fourth-order valence-corrected chi connectivity index (χ4v) is 2.05. The van der Waals surface area contributed by atoms with Crippen LogP contribution in [0.15, 0.2) is 18.2 Å². The minimum atomic E-state index is -0.317. The predicted molar refractivity (Wildman–Crippen MR) is 61.1 cm³/mol. The Morgan fingerprint density at radius 3 is 2.67 bits per heavy atom. The highest BCUT2D eigenvalue weighted by atomic mass is 79.9. The van der Waals surface area contributed by atoms with Gasteiger partial charge in [0.15, 0.2) is 0 Å². The van der Waals surface area contributed by atoms with E-state index < -0.39 is 0 Å². The maximum absolute atomic E-state index is 11.5. The van der Waals surface area contributed by atoms with Crippen molar-refractivity contribution >= 4 is 21.9 Å². The van der Waals surface area contributed by atoms with E-state index in [0.29, 0.717) is 17.5 Å². The number of alkyl halides is 1. The lowest BCUT2D eigenvalue weighted by Gasteiger charge is -2.10. The van der Waals surface area contributed by atoms with Gasteiger partial charge in [-0.2, -0.15) is 0 Å². The molecule has 0 amide bonds. The Kier molecular flexibility index (Phi) is 4.78. The van der Waals surface area contributed by atoms with Crippen LogP contribution in [0.25, 0.3) is 0 Å². The minimum absolute atomic E-state index is 0.317. The largest absolute Gasteiger partial charge is 0.465 e. The molecule has 0 atom stereocenters. The highest BCUT2D eigenvalue weighted by Crippen LogP contribution is 2.19. The molecule has 0 radical (unpaired) electrons. The van der Waals surface area contributed by atoms with Crippen LogP contribution in [-0.4, -0.2) is 20.2 Å². The van der Waals surface area contributed by atoms with E-state index in [1.807, 2.05) is 12.1 Å². The molecule has 0 fully saturated rings. The van der Waals surface area contributed by atoms with Crippen molar-refractivity contribution in [3.63, 3.8) is 0 Å². The molecule has 15 heavy (non-hydrogen) atoms. The summed E-state index contributed by atoms with van der Waals surface area (Å²) in [5.41, 5.74) is 2.51. The number of methoxy groups -OCH3 is 2. The monoisotopic (exact) mass is 272 g/mol. The third kappa shape index (κ3) is 2.79. The van der Waals surface area contributed by atoms with Crippen LogP contribution in [0.1, 0.15) is 21.5 Å². The summed E-state index contributed by atoms with van der Waals surface area (Å²) in [7, 11) is 3.01. The first-order chi connectivity index (χ1) is 7.24. The summed E-state index contributed by atoms with van der Waals surface area (Å²) in [5.74, 6) is -0.317. The number of hydrogen-bond donors (Lipinski definition) is 0. The molecule has 3 nitrogen and oxygen atoms in total. The highest BCUT2D eigenvalue weighted by Gasteiger charge is 2.13. The first-order valence-corrected chi connectivity index (χ1v) is 5.60. The molecule has 0 aromatic heterocycles. The normalized spacial score (nSPS) is 10.1. The lowest BCUT2D eigenvalue weighted by Crippen LogP contribution is -2.07. The Balaban J connectivity index is 3.15. The number of hydrogen-bond acceptors (Lipinski definition) is 3. The second kappa shape index (κ2) is 5.88. The summed E-state index contributed by atoms with van der Waals surface area (Å²) in [6, 6.07) is 5.51. The average molecular weight is 273 g/mol. The summed E-state index contributed by atoms with van der Waals surface area (Å²) in [6.45, 7) is 0.492. The zero-order chi connectivity index (χ0) is 11.3. The molecule has 0 saturated carbocycles. The van der Waals surface area contributed by atoms with Gasteiger partial charge in [0.25, 0.3) is 0 Å². The Morgan fingerprint density at radius 2 is 2.13 bits per heavy atom. The standard InChI is InChI=1S/C11H13BrO3/c1-14-7-8-4-3-5-9(10(8)6-12)11(13)15-2/h3-5H,6-7H2,1-2H3. The topological polar surface area (TPSA) is 35.5 Å². The van der Waals surface area contributed by atoms with Gasteiger partial charge in [-0.1, -0.05) is 28.1 Å². The number of halogens is 1. The van der Waals surface area contributed by atoms with E-state index in [1.54, 1.807) is 13.2 Å². The van der Waals surface area contributed by atoms with Crippen molar-refractivity contribution in [3.8, 4) is 0 Å². The van der Waals surface area contributed by atoms with Crippen molar-refractivity contribution in [2.24, 2.45) is 0 Å². The number of rotatable bonds is 4. The number of esters is 1. The SMILES string of the molecule is COCc1cccc(C(=O)OC)c1CBr. The van der Waals surface area contributed by atoms with Crippen LogP contribution in [0.3, 0.4) is 0 Å². The van der Waals surface area contributed by atoms with Gasteiger partial charge in [-0.3, -0.25) is 0 Å². The van der Waals surface area contributed by atoms with E-state index in [9.17, 15) is 4.79 Å².